The van der Waals surface area contributed by atoms with Gasteiger partial charge in [0.2, 0.25) is 0 Å². The Morgan fingerprint density at radius 3 is 2.35 bits per heavy atom. The highest BCUT2D eigenvalue weighted by Crippen LogP contribution is 2.36. The number of amides is 1. The Labute approximate surface area is 138 Å². The second-order valence-corrected chi connectivity index (χ2v) is 7.46. The summed E-state index contributed by atoms with van der Waals surface area (Å²) in [4.78, 5) is 25.9. The van der Waals surface area contributed by atoms with E-state index >= 15 is 0 Å². The van der Waals surface area contributed by atoms with E-state index in [9.17, 15) is 9.59 Å². The molecule has 0 aromatic rings. The molecule has 0 aromatic carbocycles. The van der Waals surface area contributed by atoms with Gasteiger partial charge in [0.1, 0.15) is 5.60 Å². The lowest BCUT2D eigenvalue weighted by molar-refractivity contribution is -0.155. The van der Waals surface area contributed by atoms with E-state index in [-0.39, 0.29) is 23.9 Å². The maximum Gasteiger partial charge on any atom is 0.410 e. The summed E-state index contributed by atoms with van der Waals surface area (Å²) in [5.41, 5.74) is -0.468. The minimum atomic E-state index is -0.468. The second-order valence-electron chi connectivity index (χ2n) is 7.46. The third-order valence-corrected chi connectivity index (χ3v) is 4.71. The van der Waals surface area contributed by atoms with Gasteiger partial charge < -0.3 is 19.1 Å². The number of methoxy groups -OCH3 is 1. The van der Waals surface area contributed by atoms with Crippen LogP contribution in [0.4, 0.5) is 4.79 Å². The van der Waals surface area contributed by atoms with Gasteiger partial charge in [-0.05, 0) is 51.9 Å². The van der Waals surface area contributed by atoms with Crippen LogP contribution in [-0.2, 0) is 19.0 Å². The van der Waals surface area contributed by atoms with Crippen LogP contribution in [0.3, 0.4) is 0 Å². The third kappa shape index (κ3) is 4.83. The van der Waals surface area contributed by atoms with Crippen molar-refractivity contribution in [3.63, 3.8) is 0 Å². The van der Waals surface area contributed by atoms with Crippen LogP contribution in [0, 0.1) is 17.8 Å². The lowest BCUT2D eigenvalue weighted by Gasteiger charge is -2.40. The molecule has 1 amide bonds. The molecule has 2 atom stereocenters. The van der Waals surface area contributed by atoms with Crippen LogP contribution in [0.25, 0.3) is 0 Å². The van der Waals surface area contributed by atoms with Crippen molar-refractivity contribution < 1.29 is 23.8 Å². The van der Waals surface area contributed by atoms with Crippen LogP contribution in [0.1, 0.15) is 40.0 Å². The molecule has 23 heavy (non-hydrogen) atoms. The zero-order valence-corrected chi connectivity index (χ0v) is 14.7. The number of likely N-dealkylation sites (tertiary alicyclic amines) is 1. The molecule has 0 bridgehead atoms. The summed E-state index contributed by atoms with van der Waals surface area (Å²) in [6.07, 6.45) is 2.44. The van der Waals surface area contributed by atoms with Crippen LogP contribution < -0.4 is 0 Å². The molecule has 0 N–H and O–H groups in total. The third-order valence-electron chi connectivity index (χ3n) is 4.71. The summed E-state index contributed by atoms with van der Waals surface area (Å²) in [6, 6.07) is 0. The molecule has 0 aliphatic carbocycles. The normalized spacial score (nSPS) is 26.7. The van der Waals surface area contributed by atoms with E-state index in [0.29, 0.717) is 32.2 Å². The minimum absolute atomic E-state index is 0.174. The molecule has 2 saturated heterocycles. The fourth-order valence-electron chi connectivity index (χ4n) is 3.55. The first-order valence-corrected chi connectivity index (χ1v) is 8.45. The maximum absolute atomic E-state index is 12.1. The fraction of sp³-hybridized carbons (Fsp3) is 0.882. The number of piperidine rings is 1. The molecule has 2 heterocycles. The Balaban J connectivity index is 1.90. The summed E-state index contributed by atoms with van der Waals surface area (Å²) >= 11 is 0. The van der Waals surface area contributed by atoms with Gasteiger partial charge in [-0.15, -0.1) is 0 Å². The molecule has 2 aliphatic rings. The highest BCUT2D eigenvalue weighted by Gasteiger charge is 2.39. The van der Waals surface area contributed by atoms with Crippen LogP contribution in [0.2, 0.25) is 0 Å². The van der Waals surface area contributed by atoms with Gasteiger partial charge in [-0.2, -0.15) is 0 Å². The molecule has 2 fully saturated rings. The first-order chi connectivity index (χ1) is 10.8. The molecular weight excluding hydrogens is 298 g/mol. The van der Waals surface area contributed by atoms with E-state index < -0.39 is 5.60 Å². The number of ether oxygens (including phenoxy) is 3. The Kier molecular flexibility index (Phi) is 5.89. The van der Waals surface area contributed by atoms with E-state index in [2.05, 4.69) is 0 Å². The van der Waals surface area contributed by atoms with Crippen molar-refractivity contribution in [1.82, 2.24) is 4.90 Å². The maximum atomic E-state index is 12.1. The number of carbonyl (C=O) groups is 2. The SMILES string of the molecule is COC(=O)[C@@H]1COCC[C@@H]1C1CCN(C(=O)OC(C)(C)C)CC1. The monoisotopic (exact) mass is 327 g/mol. The van der Waals surface area contributed by atoms with Crippen LogP contribution >= 0.6 is 0 Å². The summed E-state index contributed by atoms with van der Waals surface area (Å²) in [6.45, 7) is 8.14. The van der Waals surface area contributed by atoms with Crippen LogP contribution in [0.15, 0.2) is 0 Å². The predicted octanol–water partition coefficient (Wildman–Crippen LogP) is 2.46. The van der Waals surface area contributed by atoms with Crippen molar-refractivity contribution in [1.29, 1.82) is 0 Å². The number of rotatable bonds is 2. The van der Waals surface area contributed by atoms with Gasteiger partial charge in [0.25, 0.3) is 0 Å². The van der Waals surface area contributed by atoms with Gasteiger partial charge in [-0.1, -0.05) is 0 Å². The van der Waals surface area contributed by atoms with E-state index in [1.165, 1.54) is 7.11 Å². The van der Waals surface area contributed by atoms with Gasteiger partial charge in [-0.25, -0.2) is 4.79 Å². The molecule has 132 valence electrons. The number of esters is 1. The van der Waals surface area contributed by atoms with Crippen molar-refractivity contribution in [3.8, 4) is 0 Å². The van der Waals surface area contributed by atoms with Crippen molar-refractivity contribution >= 4 is 12.1 Å². The first-order valence-electron chi connectivity index (χ1n) is 8.45. The van der Waals surface area contributed by atoms with Gasteiger partial charge in [0, 0.05) is 19.7 Å². The zero-order chi connectivity index (χ0) is 17.0. The van der Waals surface area contributed by atoms with Crippen LogP contribution in [-0.4, -0.2) is 56.0 Å². The average Bonchev–Trinajstić information content (AvgIpc) is 2.52. The topological polar surface area (TPSA) is 65.1 Å². The summed E-state index contributed by atoms with van der Waals surface area (Å²) in [5, 5.41) is 0. The molecule has 0 unspecified atom stereocenters. The number of nitrogens with zero attached hydrogens (tertiary/aromatic N) is 1. The molecule has 2 aliphatic heterocycles. The highest BCUT2D eigenvalue weighted by atomic mass is 16.6. The molecular formula is C17H29NO5. The van der Waals surface area contributed by atoms with Crippen molar-refractivity contribution in [2.75, 3.05) is 33.4 Å². The van der Waals surface area contributed by atoms with Gasteiger partial charge in [0.15, 0.2) is 0 Å². The standard InChI is InChI=1S/C17H29NO5/c1-17(2,3)23-16(20)18-8-5-12(6-9-18)13-7-10-22-11-14(13)15(19)21-4/h12-14H,5-11H2,1-4H3/t13-,14-/m1/s1. The van der Waals surface area contributed by atoms with E-state index in [1.807, 2.05) is 20.8 Å². The zero-order valence-electron chi connectivity index (χ0n) is 14.7. The smallest absolute Gasteiger partial charge is 0.410 e. The highest BCUT2D eigenvalue weighted by molar-refractivity contribution is 5.73. The van der Waals surface area contributed by atoms with E-state index in [0.717, 1.165) is 19.3 Å². The van der Waals surface area contributed by atoms with Crippen molar-refractivity contribution in [2.45, 2.75) is 45.6 Å². The Morgan fingerprint density at radius 2 is 1.78 bits per heavy atom. The van der Waals surface area contributed by atoms with Gasteiger partial charge >= 0.3 is 12.1 Å². The Bertz CT molecular complexity index is 423. The number of hydrogen-bond acceptors (Lipinski definition) is 5. The first kappa shape index (κ1) is 18.0. The van der Waals surface area contributed by atoms with Gasteiger partial charge in [0.05, 0.1) is 19.6 Å². The van der Waals surface area contributed by atoms with Gasteiger partial charge in [-0.3, -0.25) is 4.79 Å². The Morgan fingerprint density at radius 1 is 1.13 bits per heavy atom. The van der Waals surface area contributed by atoms with E-state index in [4.69, 9.17) is 14.2 Å². The summed E-state index contributed by atoms with van der Waals surface area (Å²) < 4.78 is 15.8. The lowest BCUT2D eigenvalue weighted by Crippen LogP contribution is -2.46. The average molecular weight is 327 g/mol. The summed E-state index contributed by atoms with van der Waals surface area (Å²) in [5.74, 6) is 0.370. The number of carbonyl (C=O) groups excluding carboxylic acids is 2. The largest absolute Gasteiger partial charge is 0.469 e. The molecule has 2 rings (SSSR count). The van der Waals surface area contributed by atoms with E-state index in [1.54, 1.807) is 4.90 Å². The minimum Gasteiger partial charge on any atom is -0.469 e. The van der Waals surface area contributed by atoms with Crippen molar-refractivity contribution in [3.05, 3.63) is 0 Å². The molecule has 0 aromatic heterocycles. The predicted molar refractivity (Wildman–Crippen MR) is 85.0 cm³/mol. The van der Waals surface area contributed by atoms with Crippen molar-refractivity contribution in [2.24, 2.45) is 17.8 Å². The Hall–Kier alpha value is -1.30. The second kappa shape index (κ2) is 7.51. The molecule has 0 spiro atoms. The molecule has 0 radical (unpaired) electrons. The fourth-order valence-corrected chi connectivity index (χ4v) is 3.55. The molecule has 0 saturated carbocycles. The summed E-state index contributed by atoms with van der Waals surface area (Å²) in [7, 11) is 1.43. The quantitative estimate of drug-likeness (QED) is 0.729. The number of hydrogen-bond donors (Lipinski definition) is 0. The molecule has 6 heteroatoms. The van der Waals surface area contributed by atoms with Crippen LogP contribution in [0.5, 0.6) is 0 Å². The lowest BCUT2D eigenvalue weighted by atomic mass is 9.74. The molecule has 6 nitrogen and oxygen atoms in total.